The first-order valence-corrected chi connectivity index (χ1v) is 9.99. The van der Waals surface area contributed by atoms with Gasteiger partial charge in [0.15, 0.2) is 0 Å². The van der Waals surface area contributed by atoms with E-state index in [1.807, 2.05) is 0 Å². The summed E-state index contributed by atoms with van der Waals surface area (Å²) in [5, 5.41) is 10.6. The Kier molecular flexibility index (Phi) is 7.87. The van der Waals surface area contributed by atoms with Crippen molar-refractivity contribution in [3.63, 3.8) is 0 Å². The fourth-order valence-electron chi connectivity index (χ4n) is 3.25. The van der Waals surface area contributed by atoms with Crippen molar-refractivity contribution in [1.82, 2.24) is 10.2 Å². The van der Waals surface area contributed by atoms with E-state index in [0.29, 0.717) is 5.69 Å². The molecule has 172 valence electrons. The number of nitrogens with one attached hydrogen (secondary N) is 2. The predicted molar refractivity (Wildman–Crippen MR) is 107 cm³/mol. The number of piperidine rings is 1. The lowest BCUT2D eigenvalue weighted by Crippen LogP contribution is -2.54. The minimum absolute atomic E-state index is 0.0565. The number of amides is 4. The third-order valence-corrected chi connectivity index (χ3v) is 4.79. The van der Waals surface area contributed by atoms with E-state index >= 15 is 0 Å². The summed E-state index contributed by atoms with van der Waals surface area (Å²) in [6.45, 7) is 1.11. The fourth-order valence-corrected chi connectivity index (χ4v) is 3.25. The van der Waals surface area contributed by atoms with Crippen LogP contribution in [0.5, 0.6) is 0 Å². The van der Waals surface area contributed by atoms with Gasteiger partial charge in [-0.25, -0.2) is 0 Å². The number of carboxylic acid groups (broad SMARTS) is 1. The van der Waals surface area contributed by atoms with Gasteiger partial charge in [-0.15, -0.1) is 0 Å². The highest BCUT2D eigenvalue weighted by molar-refractivity contribution is 6.23. The number of fused-ring (bicyclic) bond motifs is 1. The second-order valence-corrected chi connectivity index (χ2v) is 7.03. The van der Waals surface area contributed by atoms with Gasteiger partial charge in [-0.1, -0.05) is 0 Å². The number of nitrogens with zero attached hydrogens (tertiary/aromatic N) is 1. The molecule has 2 heterocycles. The smallest absolute Gasteiger partial charge is 0.305 e. The van der Waals surface area contributed by atoms with Crippen molar-refractivity contribution in [3.05, 3.63) is 29.3 Å². The Balaban J connectivity index is 1.43. The van der Waals surface area contributed by atoms with Crippen LogP contribution in [0, 0.1) is 0 Å². The van der Waals surface area contributed by atoms with E-state index in [1.54, 1.807) is 6.07 Å². The van der Waals surface area contributed by atoms with Gasteiger partial charge in [0.2, 0.25) is 11.8 Å². The van der Waals surface area contributed by atoms with Crippen molar-refractivity contribution in [3.8, 4) is 0 Å². The van der Waals surface area contributed by atoms with Crippen LogP contribution in [0.1, 0.15) is 40.0 Å². The number of hydrogen-bond donors (Lipinski definition) is 3. The summed E-state index contributed by atoms with van der Waals surface area (Å²) in [6.07, 6.45) is 0.0864. The number of anilines is 1. The van der Waals surface area contributed by atoms with E-state index in [9.17, 15) is 24.0 Å². The quantitative estimate of drug-likeness (QED) is 0.224. The lowest BCUT2D eigenvalue weighted by atomic mass is 10.0. The van der Waals surface area contributed by atoms with Crippen molar-refractivity contribution in [2.75, 3.05) is 38.5 Å². The van der Waals surface area contributed by atoms with Crippen LogP contribution in [0.3, 0.4) is 0 Å². The molecule has 1 fully saturated rings. The molecule has 1 atom stereocenters. The molecule has 3 rings (SSSR count). The second-order valence-electron chi connectivity index (χ2n) is 7.03. The maximum absolute atomic E-state index is 12.8. The van der Waals surface area contributed by atoms with Crippen molar-refractivity contribution in [2.24, 2.45) is 0 Å². The number of ether oxygens (including phenoxy) is 2. The van der Waals surface area contributed by atoms with Crippen molar-refractivity contribution in [1.29, 1.82) is 0 Å². The molecule has 0 aliphatic carbocycles. The van der Waals surface area contributed by atoms with Crippen LogP contribution in [0.15, 0.2) is 18.2 Å². The summed E-state index contributed by atoms with van der Waals surface area (Å²) in [6, 6.07) is 3.48. The average molecular weight is 449 g/mol. The zero-order valence-corrected chi connectivity index (χ0v) is 17.1. The molecule has 0 bridgehead atoms. The lowest BCUT2D eigenvalue weighted by molar-refractivity contribution is -0.138. The summed E-state index contributed by atoms with van der Waals surface area (Å²) in [5.74, 6) is -3.20. The summed E-state index contributed by atoms with van der Waals surface area (Å²) >= 11 is 0. The number of carboxylic acids is 1. The van der Waals surface area contributed by atoms with Crippen LogP contribution in [0.25, 0.3) is 0 Å². The number of carbonyl (C=O) groups is 5. The van der Waals surface area contributed by atoms with Crippen LogP contribution in [-0.2, 0) is 28.7 Å². The van der Waals surface area contributed by atoms with Crippen LogP contribution >= 0.6 is 0 Å². The van der Waals surface area contributed by atoms with Crippen LogP contribution in [-0.4, -0.2) is 78.7 Å². The minimum Gasteiger partial charge on any atom is -0.481 e. The number of aliphatic carboxylic acids is 1. The Hall–Kier alpha value is -3.35. The monoisotopic (exact) mass is 449 g/mol. The van der Waals surface area contributed by atoms with Gasteiger partial charge in [-0.2, -0.15) is 0 Å². The normalized spacial score (nSPS) is 18.0. The molecule has 2 aliphatic rings. The van der Waals surface area contributed by atoms with Gasteiger partial charge in [0.1, 0.15) is 6.04 Å². The Labute approximate surface area is 182 Å². The fraction of sp³-hybridized carbons (Fsp3) is 0.450. The molecule has 1 unspecified atom stereocenters. The third-order valence-electron chi connectivity index (χ3n) is 4.79. The largest absolute Gasteiger partial charge is 0.481 e. The first kappa shape index (κ1) is 23.3. The van der Waals surface area contributed by atoms with Gasteiger partial charge < -0.3 is 14.6 Å². The molecule has 0 saturated carbocycles. The predicted octanol–water partition coefficient (Wildman–Crippen LogP) is -0.0608. The average Bonchev–Trinajstić information content (AvgIpc) is 2.99. The number of carbonyl (C=O) groups excluding carboxylic acids is 4. The zero-order valence-electron chi connectivity index (χ0n) is 17.1. The number of rotatable bonds is 12. The molecule has 2 aliphatic heterocycles. The molecule has 0 spiro atoms. The first-order chi connectivity index (χ1) is 15.4. The lowest BCUT2D eigenvalue weighted by Gasteiger charge is -2.27. The first-order valence-electron chi connectivity index (χ1n) is 9.99. The van der Waals surface area contributed by atoms with Crippen molar-refractivity contribution in [2.45, 2.75) is 25.3 Å². The van der Waals surface area contributed by atoms with Gasteiger partial charge in [0, 0.05) is 6.42 Å². The third kappa shape index (κ3) is 5.66. The highest BCUT2D eigenvalue weighted by atomic mass is 16.7. The molecule has 3 N–H and O–H groups in total. The Morgan fingerprint density at radius 1 is 1.03 bits per heavy atom. The van der Waals surface area contributed by atoms with Crippen LogP contribution < -0.4 is 10.8 Å². The van der Waals surface area contributed by atoms with E-state index in [2.05, 4.69) is 10.8 Å². The number of benzene rings is 1. The molecular weight excluding hydrogens is 426 g/mol. The van der Waals surface area contributed by atoms with Gasteiger partial charge in [0.25, 0.3) is 11.8 Å². The zero-order chi connectivity index (χ0) is 23.1. The van der Waals surface area contributed by atoms with E-state index in [0.717, 1.165) is 4.90 Å². The molecule has 12 nitrogen and oxygen atoms in total. The van der Waals surface area contributed by atoms with Crippen LogP contribution in [0.4, 0.5) is 5.69 Å². The Morgan fingerprint density at radius 2 is 1.72 bits per heavy atom. The molecule has 0 radical (unpaired) electrons. The molecule has 4 amide bonds. The summed E-state index contributed by atoms with van der Waals surface area (Å²) in [7, 11) is 0. The van der Waals surface area contributed by atoms with Gasteiger partial charge in [-0.05, 0) is 24.6 Å². The van der Waals surface area contributed by atoms with Crippen molar-refractivity contribution >= 4 is 35.3 Å². The molecule has 1 aromatic rings. The minimum atomic E-state index is -1.02. The topological polar surface area (TPSA) is 161 Å². The summed E-state index contributed by atoms with van der Waals surface area (Å²) in [5.41, 5.74) is 3.42. The standard InChI is InChI=1S/C20H23N3O9/c24-16-4-3-15(18(27)21-16)23-19(28)13-2-1-12(11-14(13)20(23)29)22-32-10-9-31-8-7-30-6-5-17(25)26/h1-2,11,15,22H,3-10H2,(H,25,26)(H,21,24,27). The number of hydrogen-bond acceptors (Lipinski definition) is 9. The molecule has 0 aromatic heterocycles. The van der Waals surface area contributed by atoms with Crippen molar-refractivity contribution < 1.29 is 43.4 Å². The van der Waals surface area contributed by atoms with E-state index in [1.165, 1.54) is 12.1 Å². The maximum atomic E-state index is 12.8. The van der Waals surface area contributed by atoms with Gasteiger partial charge in [0.05, 0.1) is 56.3 Å². The molecule has 1 saturated heterocycles. The number of imide groups is 2. The van der Waals surface area contributed by atoms with E-state index in [4.69, 9.17) is 19.4 Å². The van der Waals surface area contributed by atoms with Crippen LogP contribution in [0.2, 0.25) is 0 Å². The van der Waals surface area contributed by atoms with Gasteiger partial charge >= 0.3 is 5.97 Å². The molecule has 32 heavy (non-hydrogen) atoms. The van der Waals surface area contributed by atoms with E-state index < -0.39 is 35.6 Å². The SMILES string of the molecule is O=C(O)CCOCCOCCONc1ccc2c(c1)C(=O)N(C1CCC(=O)NC1=O)C2=O. The highest BCUT2D eigenvalue weighted by Gasteiger charge is 2.44. The summed E-state index contributed by atoms with van der Waals surface area (Å²) < 4.78 is 10.4. The Bertz CT molecular complexity index is 918. The summed E-state index contributed by atoms with van der Waals surface area (Å²) in [4.78, 5) is 65.3. The Morgan fingerprint density at radius 3 is 2.44 bits per heavy atom. The highest BCUT2D eigenvalue weighted by Crippen LogP contribution is 2.29. The second kappa shape index (κ2) is 10.8. The maximum Gasteiger partial charge on any atom is 0.305 e. The molecule has 1 aromatic carbocycles. The molecular formula is C20H23N3O9. The molecule has 12 heteroatoms. The van der Waals surface area contributed by atoms with Gasteiger partial charge in [-0.3, -0.25) is 44.5 Å². The van der Waals surface area contributed by atoms with E-state index in [-0.39, 0.29) is 63.4 Å².